The van der Waals surface area contributed by atoms with E-state index in [1.165, 1.54) is 4.90 Å². The molecule has 3 amide bonds. The number of piperazine rings is 1. The molecule has 1 unspecified atom stereocenters. The van der Waals surface area contributed by atoms with Crippen molar-refractivity contribution in [1.82, 2.24) is 19.6 Å². The molecule has 2 aromatic rings. The first kappa shape index (κ1) is 21.5. The van der Waals surface area contributed by atoms with Crippen molar-refractivity contribution in [2.24, 2.45) is 5.92 Å². The Labute approximate surface area is 185 Å². The predicted molar refractivity (Wildman–Crippen MR) is 121 cm³/mol. The van der Waals surface area contributed by atoms with E-state index in [4.69, 9.17) is 0 Å². The summed E-state index contributed by atoms with van der Waals surface area (Å²) >= 11 is 0. The van der Waals surface area contributed by atoms with Crippen LogP contribution in [0.15, 0.2) is 60.7 Å². The van der Waals surface area contributed by atoms with Gasteiger partial charge < -0.3 is 9.80 Å². The fourth-order valence-corrected chi connectivity index (χ4v) is 4.50. The van der Waals surface area contributed by atoms with Crippen LogP contribution in [0.2, 0.25) is 0 Å². The Hall–Kier alpha value is -2.70. The van der Waals surface area contributed by atoms with Gasteiger partial charge in [-0.25, -0.2) is 9.69 Å². The number of amides is 3. The first-order valence-electron chi connectivity index (χ1n) is 11.2. The minimum atomic E-state index is -0.573. The average Bonchev–Trinajstić information content (AvgIpc) is 3.00. The van der Waals surface area contributed by atoms with Gasteiger partial charge in [-0.05, 0) is 17.0 Å². The SMILES string of the molecule is CC(C)CN1CCN(CN2C(=O)C(c3ccccc3)N(Cc3ccccc3)C2=O)CC1. The molecule has 0 aliphatic carbocycles. The number of benzene rings is 2. The summed E-state index contributed by atoms with van der Waals surface area (Å²) in [4.78, 5) is 34.6. The number of nitrogens with zero attached hydrogens (tertiary/aromatic N) is 4. The quantitative estimate of drug-likeness (QED) is 0.644. The van der Waals surface area contributed by atoms with E-state index < -0.39 is 6.04 Å². The summed E-state index contributed by atoms with van der Waals surface area (Å²) in [6.45, 7) is 10.0. The molecule has 0 spiro atoms. The first-order valence-corrected chi connectivity index (χ1v) is 11.2. The van der Waals surface area contributed by atoms with Crippen LogP contribution in [0.25, 0.3) is 0 Å². The highest BCUT2D eigenvalue weighted by atomic mass is 16.2. The minimum absolute atomic E-state index is 0.128. The second-order valence-electron chi connectivity index (χ2n) is 8.93. The fourth-order valence-electron chi connectivity index (χ4n) is 4.50. The van der Waals surface area contributed by atoms with Crippen LogP contribution in [0.1, 0.15) is 31.0 Å². The average molecular weight is 421 g/mol. The lowest BCUT2D eigenvalue weighted by molar-refractivity contribution is -0.130. The van der Waals surface area contributed by atoms with Crippen LogP contribution in [0.3, 0.4) is 0 Å². The van der Waals surface area contributed by atoms with E-state index in [1.807, 2.05) is 60.7 Å². The van der Waals surface area contributed by atoms with Crippen molar-refractivity contribution in [3.63, 3.8) is 0 Å². The molecule has 2 aromatic carbocycles. The van der Waals surface area contributed by atoms with Gasteiger partial charge in [0.25, 0.3) is 5.91 Å². The summed E-state index contributed by atoms with van der Waals surface area (Å²) in [5.74, 6) is 0.517. The molecular formula is C25H32N4O2. The Morgan fingerprint density at radius 1 is 0.839 bits per heavy atom. The second-order valence-corrected chi connectivity index (χ2v) is 8.93. The molecule has 164 valence electrons. The molecule has 2 heterocycles. The molecule has 0 saturated carbocycles. The van der Waals surface area contributed by atoms with E-state index in [0.29, 0.717) is 19.1 Å². The highest BCUT2D eigenvalue weighted by Gasteiger charge is 2.46. The molecule has 2 aliphatic heterocycles. The van der Waals surface area contributed by atoms with Crippen molar-refractivity contribution in [3.05, 3.63) is 71.8 Å². The third-order valence-electron chi connectivity index (χ3n) is 6.03. The summed E-state index contributed by atoms with van der Waals surface area (Å²) in [5.41, 5.74) is 1.88. The van der Waals surface area contributed by atoms with Crippen molar-refractivity contribution in [2.45, 2.75) is 26.4 Å². The summed E-state index contributed by atoms with van der Waals surface area (Å²) in [7, 11) is 0. The maximum atomic E-state index is 13.4. The number of carbonyl (C=O) groups is 2. The highest BCUT2D eigenvalue weighted by molar-refractivity contribution is 6.04. The maximum absolute atomic E-state index is 13.4. The van der Waals surface area contributed by atoms with Crippen LogP contribution in [-0.2, 0) is 11.3 Å². The Balaban J connectivity index is 1.50. The summed E-state index contributed by atoms with van der Waals surface area (Å²) in [6.07, 6.45) is 0. The highest BCUT2D eigenvalue weighted by Crippen LogP contribution is 2.32. The van der Waals surface area contributed by atoms with Crippen molar-refractivity contribution < 1.29 is 9.59 Å². The number of rotatable bonds is 7. The van der Waals surface area contributed by atoms with Crippen molar-refractivity contribution >= 4 is 11.9 Å². The zero-order valence-corrected chi connectivity index (χ0v) is 18.5. The fraction of sp³-hybridized carbons (Fsp3) is 0.440. The molecule has 0 radical (unpaired) electrons. The van der Waals surface area contributed by atoms with E-state index in [1.54, 1.807) is 4.90 Å². The number of urea groups is 1. The number of imide groups is 1. The number of hydrogen-bond acceptors (Lipinski definition) is 4. The summed E-state index contributed by atoms with van der Waals surface area (Å²) in [6, 6.07) is 18.7. The second kappa shape index (κ2) is 9.62. The van der Waals surface area contributed by atoms with E-state index >= 15 is 0 Å². The van der Waals surface area contributed by atoms with Crippen molar-refractivity contribution in [2.75, 3.05) is 39.4 Å². The lowest BCUT2D eigenvalue weighted by Crippen LogP contribution is -2.51. The van der Waals surface area contributed by atoms with Gasteiger partial charge in [-0.15, -0.1) is 0 Å². The van der Waals surface area contributed by atoms with E-state index in [0.717, 1.165) is 43.9 Å². The van der Waals surface area contributed by atoms with Crippen LogP contribution >= 0.6 is 0 Å². The summed E-state index contributed by atoms with van der Waals surface area (Å²) in [5, 5.41) is 0. The molecule has 2 fully saturated rings. The predicted octanol–water partition coefficient (Wildman–Crippen LogP) is 3.42. The van der Waals surface area contributed by atoms with Gasteiger partial charge in [0.1, 0.15) is 6.04 Å². The van der Waals surface area contributed by atoms with Crippen LogP contribution in [0, 0.1) is 5.92 Å². The van der Waals surface area contributed by atoms with Gasteiger partial charge in [0.2, 0.25) is 0 Å². The van der Waals surface area contributed by atoms with E-state index in [-0.39, 0.29) is 11.9 Å². The molecule has 6 nitrogen and oxygen atoms in total. The Morgan fingerprint density at radius 3 is 2.03 bits per heavy atom. The van der Waals surface area contributed by atoms with Gasteiger partial charge in [0.15, 0.2) is 0 Å². The van der Waals surface area contributed by atoms with Crippen molar-refractivity contribution in [3.8, 4) is 0 Å². The third-order valence-corrected chi connectivity index (χ3v) is 6.03. The van der Waals surface area contributed by atoms with Gasteiger partial charge in [-0.1, -0.05) is 74.5 Å². The molecule has 0 bridgehead atoms. The van der Waals surface area contributed by atoms with Crippen LogP contribution in [0.4, 0.5) is 4.79 Å². The largest absolute Gasteiger partial charge is 0.329 e. The zero-order valence-electron chi connectivity index (χ0n) is 18.5. The van der Waals surface area contributed by atoms with Gasteiger partial charge in [-0.2, -0.15) is 0 Å². The Kier molecular flexibility index (Phi) is 6.68. The first-order chi connectivity index (χ1) is 15.0. The van der Waals surface area contributed by atoms with Gasteiger partial charge in [-0.3, -0.25) is 9.69 Å². The molecule has 2 aliphatic rings. The molecule has 0 aromatic heterocycles. The van der Waals surface area contributed by atoms with E-state index in [2.05, 4.69) is 23.6 Å². The van der Waals surface area contributed by atoms with Gasteiger partial charge in [0, 0.05) is 39.3 Å². The normalized spacial score (nSPS) is 20.8. The van der Waals surface area contributed by atoms with Gasteiger partial charge >= 0.3 is 6.03 Å². The molecule has 1 atom stereocenters. The number of carbonyl (C=O) groups excluding carboxylic acids is 2. The van der Waals surface area contributed by atoms with Crippen LogP contribution in [0.5, 0.6) is 0 Å². The Morgan fingerprint density at radius 2 is 1.42 bits per heavy atom. The smallest absolute Gasteiger partial charge is 0.304 e. The topological polar surface area (TPSA) is 47.1 Å². The molecule has 4 rings (SSSR count). The lowest BCUT2D eigenvalue weighted by atomic mass is 10.1. The third kappa shape index (κ3) is 4.97. The van der Waals surface area contributed by atoms with E-state index in [9.17, 15) is 9.59 Å². The molecule has 31 heavy (non-hydrogen) atoms. The number of hydrogen-bond donors (Lipinski definition) is 0. The monoisotopic (exact) mass is 420 g/mol. The van der Waals surface area contributed by atoms with Crippen LogP contribution in [-0.4, -0.2) is 70.9 Å². The molecule has 6 heteroatoms. The summed E-state index contributed by atoms with van der Waals surface area (Å²) < 4.78 is 0. The van der Waals surface area contributed by atoms with Gasteiger partial charge in [0.05, 0.1) is 6.67 Å². The minimum Gasteiger partial charge on any atom is -0.304 e. The maximum Gasteiger partial charge on any atom is 0.329 e. The van der Waals surface area contributed by atoms with Crippen LogP contribution < -0.4 is 0 Å². The molecule has 0 N–H and O–H groups in total. The lowest BCUT2D eigenvalue weighted by Gasteiger charge is -2.36. The zero-order chi connectivity index (χ0) is 21.8. The molecular weight excluding hydrogens is 388 g/mol. The standard InChI is InChI=1S/C25H32N4O2/c1-20(2)17-26-13-15-27(16-14-26)19-29-24(30)23(22-11-7-4-8-12-22)28(25(29)31)18-21-9-5-3-6-10-21/h3-12,20,23H,13-19H2,1-2H3. The van der Waals surface area contributed by atoms with Crippen molar-refractivity contribution in [1.29, 1.82) is 0 Å². The Bertz CT molecular complexity index is 879. The molecule has 2 saturated heterocycles.